The van der Waals surface area contributed by atoms with Crippen LogP contribution in [-0.4, -0.2) is 34.9 Å². The Bertz CT molecular complexity index is 766. The molecule has 7 nitrogen and oxygen atoms in total. The van der Waals surface area contributed by atoms with Crippen LogP contribution in [0.15, 0.2) is 42.6 Å². The Labute approximate surface area is 137 Å². The first kappa shape index (κ1) is 15.7. The SMILES string of the molecule is COc1ccc(CCC(=O)ON2C(=O)c3ccccc3C2=O)cn1. The van der Waals surface area contributed by atoms with Crippen LogP contribution in [0.4, 0.5) is 0 Å². The lowest BCUT2D eigenvalue weighted by molar-refractivity contribution is -0.168. The van der Waals surface area contributed by atoms with Crippen molar-refractivity contribution in [3.8, 4) is 5.88 Å². The fourth-order valence-corrected chi connectivity index (χ4v) is 2.32. The van der Waals surface area contributed by atoms with Crippen LogP contribution in [0, 0.1) is 0 Å². The van der Waals surface area contributed by atoms with Gasteiger partial charge in [0.1, 0.15) is 0 Å². The summed E-state index contributed by atoms with van der Waals surface area (Å²) in [4.78, 5) is 45.1. The Kier molecular flexibility index (Phi) is 4.24. The Morgan fingerprint density at radius 2 is 1.75 bits per heavy atom. The number of fused-ring (bicyclic) bond motifs is 1. The average Bonchev–Trinajstić information content (AvgIpc) is 2.86. The van der Waals surface area contributed by atoms with Crippen LogP contribution >= 0.6 is 0 Å². The largest absolute Gasteiger partial charge is 0.481 e. The molecular weight excluding hydrogens is 312 g/mol. The molecule has 2 aromatic rings. The summed E-state index contributed by atoms with van der Waals surface area (Å²) in [6.07, 6.45) is 1.98. The molecule has 0 aliphatic carbocycles. The van der Waals surface area contributed by atoms with Crippen molar-refractivity contribution in [1.29, 1.82) is 0 Å². The van der Waals surface area contributed by atoms with Gasteiger partial charge in [0.15, 0.2) is 0 Å². The highest BCUT2D eigenvalue weighted by Gasteiger charge is 2.38. The number of rotatable bonds is 5. The van der Waals surface area contributed by atoms with Gasteiger partial charge in [-0.25, -0.2) is 9.78 Å². The lowest BCUT2D eigenvalue weighted by Crippen LogP contribution is -2.32. The summed E-state index contributed by atoms with van der Waals surface area (Å²) in [5.41, 5.74) is 1.28. The van der Waals surface area contributed by atoms with Crippen LogP contribution in [0.25, 0.3) is 0 Å². The minimum atomic E-state index is -0.666. The third kappa shape index (κ3) is 2.96. The fourth-order valence-electron chi connectivity index (χ4n) is 2.32. The van der Waals surface area contributed by atoms with Gasteiger partial charge in [0.2, 0.25) is 5.88 Å². The standard InChI is InChI=1S/C17H14N2O5/c1-23-14-8-6-11(10-18-14)7-9-15(20)24-19-16(21)12-4-2-3-5-13(12)17(19)22/h2-6,8,10H,7,9H2,1H3. The van der Waals surface area contributed by atoms with Gasteiger partial charge in [0, 0.05) is 12.3 Å². The Morgan fingerprint density at radius 3 is 2.29 bits per heavy atom. The molecule has 0 atom stereocenters. The van der Waals surface area contributed by atoms with Crippen LogP contribution in [0.5, 0.6) is 5.88 Å². The number of ether oxygens (including phenoxy) is 1. The van der Waals surface area contributed by atoms with Crippen LogP contribution in [0.1, 0.15) is 32.7 Å². The molecule has 0 fully saturated rings. The molecule has 0 N–H and O–H groups in total. The average molecular weight is 326 g/mol. The van der Waals surface area contributed by atoms with Crippen molar-refractivity contribution in [2.24, 2.45) is 0 Å². The van der Waals surface area contributed by atoms with Gasteiger partial charge in [-0.3, -0.25) is 9.59 Å². The van der Waals surface area contributed by atoms with Crippen molar-refractivity contribution in [3.63, 3.8) is 0 Å². The topological polar surface area (TPSA) is 85.8 Å². The van der Waals surface area contributed by atoms with Gasteiger partial charge in [-0.1, -0.05) is 23.3 Å². The van der Waals surface area contributed by atoms with Gasteiger partial charge in [0.05, 0.1) is 24.7 Å². The molecule has 2 amide bonds. The number of carbonyl (C=O) groups excluding carboxylic acids is 3. The van der Waals surface area contributed by atoms with Crippen molar-refractivity contribution >= 4 is 17.8 Å². The molecule has 24 heavy (non-hydrogen) atoms. The summed E-state index contributed by atoms with van der Waals surface area (Å²) in [6, 6.07) is 9.79. The predicted molar refractivity (Wildman–Crippen MR) is 82.1 cm³/mol. The number of nitrogens with zero attached hydrogens (tertiary/aromatic N) is 2. The number of hydrogen-bond acceptors (Lipinski definition) is 6. The van der Waals surface area contributed by atoms with Crippen LogP contribution in [0.3, 0.4) is 0 Å². The fraction of sp³-hybridized carbons (Fsp3) is 0.176. The second kappa shape index (κ2) is 6.49. The Morgan fingerprint density at radius 1 is 1.08 bits per heavy atom. The summed E-state index contributed by atoms with van der Waals surface area (Å²) in [5.74, 6) is -1.45. The van der Waals surface area contributed by atoms with E-state index in [0.29, 0.717) is 17.4 Å². The molecule has 122 valence electrons. The molecule has 1 aliphatic rings. The van der Waals surface area contributed by atoms with Crippen LogP contribution in [0.2, 0.25) is 0 Å². The normalized spacial score (nSPS) is 13.0. The van der Waals surface area contributed by atoms with Gasteiger partial charge in [0.25, 0.3) is 11.8 Å². The lowest BCUT2D eigenvalue weighted by Gasteiger charge is -2.12. The zero-order chi connectivity index (χ0) is 17.1. The smallest absolute Gasteiger partial charge is 0.333 e. The highest BCUT2D eigenvalue weighted by atomic mass is 16.7. The second-order valence-electron chi connectivity index (χ2n) is 5.12. The summed E-state index contributed by atoms with van der Waals surface area (Å²) in [7, 11) is 1.52. The van der Waals surface area contributed by atoms with Crippen molar-refractivity contribution < 1.29 is 24.0 Å². The monoisotopic (exact) mass is 326 g/mol. The Hall–Kier alpha value is -3.22. The van der Waals surface area contributed by atoms with Crippen LogP contribution < -0.4 is 4.74 Å². The number of benzene rings is 1. The molecule has 0 unspecified atom stereocenters. The molecule has 0 spiro atoms. The summed E-state index contributed by atoms with van der Waals surface area (Å²) in [6.45, 7) is 0. The molecule has 1 aromatic heterocycles. The lowest BCUT2D eigenvalue weighted by atomic mass is 10.1. The number of amides is 2. The van der Waals surface area contributed by atoms with E-state index in [1.165, 1.54) is 19.2 Å². The quantitative estimate of drug-likeness (QED) is 0.779. The zero-order valence-electron chi connectivity index (χ0n) is 12.9. The number of carbonyl (C=O) groups is 3. The molecule has 3 rings (SSSR count). The van der Waals surface area contributed by atoms with Crippen LogP contribution in [-0.2, 0) is 16.1 Å². The van der Waals surface area contributed by atoms with Crippen molar-refractivity contribution in [1.82, 2.24) is 10.0 Å². The third-order valence-corrected chi connectivity index (χ3v) is 3.57. The molecule has 0 radical (unpaired) electrons. The first-order chi connectivity index (χ1) is 11.6. The summed E-state index contributed by atoms with van der Waals surface area (Å²) in [5, 5.41) is 0.513. The van der Waals surface area contributed by atoms with Gasteiger partial charge < -0.3 is 9.57 Å². The number of methoxy groups -OCH3 is 1. The molecule has 0 saturated carbocycles. The van der Waals surface area contributed by atoms with E-state index in [0.717, 1.165) is 5.56 Å². The van der Waals surface area contributed by atoms with E-state index in [4.69, 9.17) is 9.57 Å². The number of aryl methyl sites for hydroxylation is 1. The maximum Gasteiger partial charge on any atom is 0.333 e. The molecular formula is C17H14N2O5. The molecule has 1 aliphatic heterocycles. The molecule has 7 heteroatoms. The van der Waals surface area contributed by atoms with E-state index in [1.807, 2.05) is 0 Å². The molecule has 1 aromatic carbocycles. The highest BCUT2D eigenvalue weighted by molar-refractivity contribution is 6.20. The minimum Gasteiger partial charge on any atom is -0.481 e. The van der Waals surface area contributed by atoms with E-state index in [2.05, 4.69) is 4.98 Å². The van der Waals surface area contributed by atoms with Gasteiger partial charge in [-0.15, -0.1) is 0 Å². The second-order valence-corrected chi connectivity index (χ2v) is 5.12. The van der Waals surface area contributed by atoms with E-state index in [-0.39, 0.29) is 17.5 Å². The molecule has 0 bridgehead atoms. The minimum absolute atomic E-state index is 0.0153. The van der Waals surface area contributed by atoms with E-state index in [1.54, 1.807) is 30.5 Å². The maximum atomic E-state index is 12.1. The number of hydrogen-bond donors (Lipinski definition) is 0. The van der Waals surface area contributed by atoms with E-state index in [9.17, 15) is 14.4 Å². The number of imide groups is 1. The van der Waals surface area contributed by atoms with Crippen molar-refractivity contribution in [2.75, 3.05) is 7.11 Å². The first-order valence-corrected chi connectivity index (χ1v) is 7.27. The molecule has 2 heterocycles. The highest BCUT2D eigenvalue weighted by Crippen LogP contribution is 2.23. The first-order valence-electron chi connectivity index (χ1n) is 7.27. The zero-order valence-corrected chi connectivity index (χ0v) is 12.9. The predicted octanol–water partition coefficient (Wildman–Crippen LogP) is 1.78. The van der Waals surface area contributed by atoms with Gasteiger partial charge in [-0.2, -0.15) is 0 Å². The van der Waals surface area contributed by atoms with E-state index < -0.39 is 17.8 Å². The summed E-state index contributed by atoms with van der Waals surface area (Å²) < 4.78 is 4.95. The van der Waals surface area contributed by atoms with Gasteiger partial charge in [-0.05, 0) is 24.1 Å². The maximum absolute atomic E-state index is 12.1. The number of aromatic nitrogens is 1. The number of pyridine rings is 1. The van der Waals surface area contributed by atoms with Gasteiger partial charge >= 0.3 is 5.97 Å². The Balaban J connectivity index is 1.59. The number of hydroxylamine groups is 2. The van der Waals surface area contributed by atoms with Crippen molar-refractivity contribution in [2.45, 2.75) is 12.8 Å². The molecule has 0 saturated heterocycles. The van der Waals surface area contributed by atoms with E-state index >= 15 is 0 Å². The summed E-state index contributed by atoms with van der Waals surface area (Å²) >= 11 is 0. The third-order valence-electron chi connectivity index (χ3n) is 3.57. The van der Waals surface area contributed by atoms with Crippen molar-refractivity contribution in [3.05, 3.63) is 59.3 Å².